The summed E-state index contributed by atoms with van der Waals surface area (Å²) in [5.74, 6) is -2.17. The second-order valence-electron chi connectivity index (χ2n) is 4.04. The Bertz CT molecular complexity index is 517. The number of carboxylic acid groups (broad SMARTS) is 2. The molecule has 0 aliphatic carbocycles. The molecular weight excluding hydrogens is 566 g/mol. The minimum atomic E-state index is -1.08. The Hall–Kier alpha value is -1.24. The van der Waals surface area contributed by atoms with Crippen molar-refractivity contribution in [1.82, 2.24) is 0 Å². The molecule has 0 unspecified atom stereocenters. The Labute approximate surface area is 176 Å². The summed E-state index contributed by atoms with van der Waals surface area (Å²) in [4.78, 5) is 17.8. The molecule has 2 aromatic rings. The van der Waals surface area contributed by atoms with E-state index in [9.17, 15) is 0 Å². The van der Waals surface area contributed by atoms with E-state index in [4.69, 9.17) is 25.9 Å². The molecule has 0 bridgehead atoms. The van der Waals surface area contributed by atoms with Crippen molar-refractivity contribution in [2.75, 3.05) is 14.2 Å². The van der Waals surface area contributed by atoms with Gasteiger partial charge >= 0.3 is 43.2 Å². The van der Waals surface area contributed by atoms with Crippen LogP contribution in [0.15, 0.2) is 60.7 Å². The first-order valence-corrected chi connectivity index (χ1v) is 11.1. The monoisotopic (exact) mass is 588 g/mol. The fourth-order valence-electron chi connectivity index (χ4n) is 1.11. The maximum Gasteiger partial charge on any atom is 0.521 e. The number of benzene rings is 2. The number of halogens is 2. The largest absolute Gasteiger partial charge is 0.550 e. The highest BCUT2D eigenvalue weighted by Crippen LogP contribution is 1.82. The number of carbonyl (C=O) groups is 2. The molecule has 0 aliphatic rings. The van der Waals surface area contributed by atoms with E-state index in [1.54, 1.807) is 14.2 Å². The number of hydrogen-bond acceptors (Lipinski definition) is 6. The first-order valence-electron chi connectivity index (χ1n) is 7.14. The first kappa shape index (κ1) is 27.0. The van der Waals surface area contributed by atoms with Gasteiger partial charge in [0.15, 0.2) is 0 Å². The van der Waals surface area contributed by atoms with Crippen LogP contribution in [0.2, 0.25) is 0 Å². The lowest BCUT2D eigenvalue weighted by Gasteiger charge is -1.77. The quantitative estimate of drug-likeness (QED) is 0.331. The summed E-state index contributed by atoms with van der Waals surface area (Å²) in [5.41, 5.74) is 0. The van der Waals surface area contributed by atoms with Crippen LogP contribution >= 0.6 is 0 Å². The van der Waals surface area contributed by atoms with Crippen LogP contribution in [-0.2, 0) is 15.7 Å². The standard InChI is InChI=1S/2C7H8IO.2C2H4O2/c2*1-9-8-7-5-3-2-4-6-7;2*1-2(3)4/h2*2-6H,1H3;2*1H3,(H,3,4)/q2*+1;;/p-2. The van der Waals surface area contributed by atoms with Crippen molar-refractivity contribution in [3.05, 3.63) is 67.8 Å². The zero-order valence-electron chi connectivity index (χ0n) is 15.0. The van der Waals surface area contributed by atoms with Crippen LogP contribution in [0.1, 0.15) is 13.8 Å². The van der Waals surface area contributed by atoms with Gasteiger partial charge in [0.1, 0.15) is 0 Å². The van der Waals surface area contributed by atoms with Crippen LogP contribution in [0, 0.1) is 7.14 Å². The zero-order chi connectivity index (χ0) is 20.2. The fraction of sp³-hybridized carbons (Fsp3) is 0.222. The van der Waals surface area contributed by atoms with Gasteiger partial charge in [-0.1, -0.05) is 36.4 Å². The molecule has 0 aliphatic heterocycles. The zero-order valence-corrected chi connectivity index (χ0v) is 19.3. The molecular formula is C18H22I2O6. The van der Waals surface area contributed by atoms with Crippen molar-refractivity contribution in [3.63, 3.8) is 0 Å². The third-order valence-corrected chi connectivity index (χ3v) is 5.13. The van der Waals surface area contributed by atoms with Gasteiger partial charge in [-0.25, -0.2) is 0 Å². The number of carbonyl (C=O) groups excluding carboxylic acids is 2. The lowest BCUT2D eigenvalue weighted by atomic mass is 10.4. The van der Waals surface area contributed by atoms with Crippen molar-refractivity contribution in [2.45, 2.75) is 13.8 Å². The highest BCUT2D eigenvalue weighted by Gasteiger charge is 2.08. The minimum Gasteiger partial charge on any atom is -0.550 e. The van der Waals surface area contributed by atoms with Crippen molar-refractivity contribution in [2.24, 2.45) is 0 Å². The highest BCUT2D eigenvalue weighted by atomic mass is 127. The van der Waals surface area contributed by atoms with Crippen LogP contribution < -0.4 is 53.5 Å². The molecule has 0 fully saturated rings. The van der Waals surface area contributed by atoms with Gasteiger partial charge in [-0.2, -0.15) is 0 Å². The van der Waals surface area contributed by atoms with Gasteiger partial charge in [0.25, 0.3) is 0 Å². The summed E-state index contributed by atoms with van der Waals surface area (Å²) in [6.07, 6.45) is 0. The molecule has 26 heavy (non-hydrogen) atoms. The number of hydrogen-bond donors (Lipinski definition) is 0. The lowest BCUT2D eigenvalue weighted by Crippen LogP contribution is -3.61. The predicted octanol–water partition coefficient (Wildman–Crippen LogP) is -5.47. The molecule has 144 valence electrons. The SMILES string of the molecule is CC(=O)[O-].CC(=O)[O-].CO[I+]c1ccccc1.CO[I+]c1ccccc1. The average Bonchev–Trinajstić information content (AvgIpc) is 2.57. The van der Waals surface area contributed by atoms with E-state index in [0.717, 1.165) is 13.8 Å². The van der Waals surface area contributed by atoms with Gasteiger partial charge in [0.2, 0.25) is 7.14 Å². The summed E-state index contributed by atoms with van der Waals surface area (Å²) in [6, 6.07) is 20.6. The second kappa shape index (κ2) is 20.1. The maximum absolute atomic E-state index is 8.89. The summed E-state index contributed by atoms with van der Waals surface area (Å²) in [5, 5.41) is 17.8. The van der Waals surface area contributed by atoms with Crippen LogP contribution in [0.25, 0.3) is 0 Å². The molecule has 0 heterocycles. The highest BCUT2D eigenvalue weighted by molar-refractivity contribution is 5.60. The van der Waals surface area contributed by atoms with Gasteiger partial charge < -0.3 is 19.8 Å². The van der Waals surface area contributed by atoms with Crippen molar-refractivity contribution < 1.29 is 69.2 Å². The van der Waals surface area contributed by atoms with E-state index in [1.165, 1.54) is 7.14 Å². The molecule has 0 radical (unpaired) electrons. The number of carboxylic acids is 2. The molecule has 0 saturated carbocycles. The predicted molar refractivity (Wildman–Crippen MR) is 85.7 cm³/mol. The molecule has 0 atom stereocenters. The summed E-state index contributed by atoms with van der Waals surface area (Å²) in [6.45, 7) is 1.94. The fourth-order valence-corrected chi connectivity index (χ4v) is 3.55. The second-order valence-corrected chi connectivity index (χ2v) is 9.17. The Kier molecular flexibility index (Phi) is 20.8. The molecule has 0 spiro atoms. The average molecular weight is 588 g/mol. The van der Waals surface area contributed by atoms with Gasteiger partial charge in [0, 0.05) is 11.9 Å². The van der Waals surface area contributed by atoms with E-state index >= 15 is 0 Å². The Morgan fingerprint density at radius 2 is 0.923 bits per heavy atom. The molecule has 2 rings (SSSR count). The van der Waals surface area contributed by atoms with E-state index < -0.39 is 11.9 Å². The van der Waals surface area contributed by atoms with Crippen LogP contribution in [-0.4, -0.2) is 26.2 Å². The van der Waals surface area contributed by atoms with Crippen LogP contribution in [0.4, 0.5) is 0 Å². The molecule has 2 aromatic carbocycles. The summed E-state index contributed by atoms with van der Waals surface area (Å²) < 4.78 is 12.7. The third-order valence-electron chi connectivity index (χ3n) is 1.80. The summed E-state index contributed by atoms with van der Waals surface area (Å²) >= 11 is -0.340. The maximum atomic E-state index is 8.89. The van der Waals surface area contributed by atoms with Gasteiger partial charge in [-0.15, -0.1) is 6.13 Å². The molecule has 0 saturated heterocycles. The summed E-state index contributed by atoms with van der Waals surface area (Å²) in [7, 11) is 3.50. The number of rotatable bonds is 4. The number of aliphatic carboxylic acids is 2. The Balaban J connectivity index is 0. The van der Waals surface area contributed by atoms with E-state index in [2.05, 4.69) is 24.3 Å². The van der Waals surface area contributed by atoms with E-state index in [-0.39, 0.29) is 43.2 Å². The van der Waals surface area contributed by atoms with Crippen molar-refractivity contribution in [3.8, 4) is 0 Å². The molecule has 0 amide bonds. The van der Waals surface area contributed by atoms with Crippen LogP contribution in [0.5, 0.6) is 0 Å². The molecule has 0 N–H and O–H groups in total. The Morgan fingerprint density at radius 3 is 1.12 bits per heavy atom. The topological polar surface area (TPSA) is 98.7 Å². The van der Waals surface area contributed by atoms with Gasteiger partial charge in [-0.3, -0.25) is 0 Å². The van der Waals surface area contributed by atoms with E-state index in [0.29, 0.717) is 0 Å². The lowest BCUT2D eigenvalue weighted by molar-refractivity contribution is -0.870. The third kappa shape index (κ3) is 25.0. The normalized spacial score (nSPS) is 8.46. The van der Waals surface area contributed by atoms with Gasteiger partial charge in [0.05, 0.1) is 14.2 Å². The van der Waals surface area contributed by atoms with Crippen LogP contribution in [0.3, 0.4) is 0 Å². The van der Waals surface area contributed by atoms with Crippen molar-refractivity contribution >= 4 is 11.9 Å². The minimum absolute atomic E-state index is 0.170. The Morgan fingerprint density at radius 1 is 0.692 bits per heavy atom. The molecule has 8 heteroatoms. The van der Waals surface area contributed by atoms with Gasteiger partial charge in [-0.05, 0) is 38.1 Å². The molecule has 0 aromatic heterocycles. The van der Waals surface area contributed by atoms with Crippen molar-refractivity contribution in [1.29, 1.82) is 0 Å². The molecule has 6 nitrogen and oxygen atoms in total. The first-order chi connectivity index (χ1) is 12.3. The van der Waals surface area contributed by atoms with E-state index in [1.807, 2.05) is 36.4 Å². The smallest absolute Gasteiger partial charge is 0.521 e.